The maximum absolute atomic E-state index is 12.6. The van der Waals surface area contributed by atoms with E-state index >= 15 is 0 Å². The first-order chi connectivity index (χ1) is 11.0. The van der Waals surface area contributed by atoms with Gasteiger partial charge in [0.2, 0.25) is 0 Å². The molecule has 3 rings (SSSR count). The third-order valence-corrected chi connectivity index (χ3v) is 4.38. The summed E-state index contributed by atoms with van der Waals surface area (Å²) in [5.41, 5.74) is 0.521. The van der Waals surface area contributed by atoms with E-state index in [1.807, 2.05) is 0 Å². The Hall–Kier alpha value is -2.50. The van der Waals surface area contributed by atoms with Crippen molar-refractivity contribution >= 4 is 23.4 Å². The van der Waals surface area contributed by atoms with Crippen LogP contribution in [0.4, 0.5) is 0 Å². The summed E-state index contributed by atoms with van der Waals surface area (Å²) in [5.74, 6) is -0.569. The second-order valence-corrected chi connectivity index (χ2v) is 5.80. The Morgan fingerprint density at radius 1 is 1.00 bits per heavy atom. The summed E-state index contributed by atoms with van der Waals surface area (Å²) < 4.78 is 5.08. The number of fused-ring (bicyclic) bond motifs is 1. The molecule has 0 spiro atoms. The molecule has 1 atom stereocenters. The number of carbonyl (C=O) groups is 4. The summed E-state index contributed by atoms with van der Waals surface area (Å²) in [7, 11) is 1.48. The molecule has 2 amide bonds. The molecule has 1 heterocycles. The summed E-state index contributed by atoms with van der Waals surface area (Å²) in [6.07, 6.45) is 1.50. The van der Waals surface area contributed by atoms with Gasteiger partial charge in [-0.25, -0.2) is 0 Å². The standard InChI is InChI=1S/C17H17NO5/c1-23-11-6-7-12-13(9-11)17(22)18(16(12)21)14-8-5-10(19)3-2-4-15(14)20/h6-7,9,14H,2-5,8H2,1H3. The number of ether oxygens (including phenoxy) is 1. The molecular formula is C17H17NO5. The zero-order valence-corrected chi connectivity index (χ0v) is 12.8. The summed E-state index contributed by atoms with van der Waals surface area (Å²) in [5, 5.41) is 0. The smallest absolute Gasteiger partial charge is 0.262 e. The first-order valence-electron chi connectivity index (χ1n) is 7.63. The maximum atomic E-state index is 12.6. The Balaban J connectivity index is 1.93. The first kappa shape index (κ1) is 15.4. The van der Waals surface area contributed by atoms with E-state index in [-0.39, 0.29) is 42.0 Å². The van der Waals surface area contributed by atoms with Gasteiger partial charge in [0, 0.05) is 19.3 Å². The van der Waals surface area contributed by atoms with E-state index in [1.165, 1.54) is 19.2 Å². The Morgan fingerprint density at radius 3 is 2.48 bits per heavy atom. The SMILES string of the molecule is COc1ccc2c(c1)C(=O)N(C1CCC(=O)CCCC1=O)C2=O. The molecule has 6 nitrogen and oxygen atoms in total. The quantitative estimate of drug-likeness (QED) is 0.777. The number of imide groups is 1. The van der Waals surface area contributed by atoms with Crippen molar-refractivity contribution in [3.63, 3.8) is 0 Å². The molecule has 1 saturated carbocycles. The minimum absolute atomic E-state index is 0.0702. The zero-order chi connectivity index (χ0) is 16.6. The highest BCUT2D eigenvalue weighted by Crippen LogP contribution is 2.30. The van der Waals surface area contributed by atoms with Crippen molar-refractivity contribution in [3.05, 3.63) is 29.3 Å². The molecule has 2 aliphatic rings. The van der Waals surface area contributed by atoms with Crippen molar-refractivity contribution in [2.24, 2.45) is 0 Å². The summed E-state index contributed by atoms with van der Waals surface area (Å²) in [6, 6.07) is 3.80. The predicted molar refractivity (Wildman–Crippen MR) is 80.4 cm³/mol. The number of hydrogen-bond acceptors (Lipinski definition) is 5. The van der Waals surface area contributed by atoms with E-state index in [4.69, 9.17) is 4.74 Å². The van der Waals surface area contributed by atoms with Gasteiger partial charge in [-0.2, -0.15) is 0 Å². The van der Waals surface area contributed by atoms with E-state index < -0.39 is 17.9 Å². The third-order valence-electron chi connectivity index (χ3n) is 4.38. The number of Topliss-reactive ketones (excluding diaryl/α,β-unsaturated/α-hetero) is 2. The fourth-order valence-electron chi connectivity index (χ4n) is 3.13. The van der Waals surface area contributed by atoms with E-state index in [2.05, 4.69) is 0 Å². The zero-order valence-electron chi connectivity index (χ0n) is 12.8. The second-order valence-electron chi connectivity index (χ2n) is 5.80. The van der Waals surface area contributed by atoms with Crippen molar-refractivity contribution in [2.75, 3.05) is 7.11 Å². The summed E-state index contributed by atoms with van der Waals surface area (Å²) in [4.78, 5) is 50.2. The number of hydrogen-bond donors (Lipinski definition) is 0. The van der Waals surface area contributed by atoms with E-state index in [0.717, 1.165) is 4.90 Å². The lowest BCUT2D eigenvalue weighted by Crippen LogP contribution is -2.45. The summed E-state index contributed by atoms with van der Waals surface area (Å²) >= 11 is 0. The number of carbonyl (C=O) groups excluding carboxylic acids is 4. The van der Waals surface area contributed by atoms with Crippen LogP contribution in [0, 0.1) is 0 Å². The van der Waals surface area contributed by atoms with Crippen molar-refractivity contribution in [3.8, 4) is 5.75 Å². The van der Waals surface area contributed by atoms with Gasteiger partial charge in [-0.3, -0.25) is 24.1 Å². The van der Waals surface area contributed by atoms with Crippen LogP contribution in [-0.4, -0.2) is 41.4 Å². The molecule has 0 aromatic heterocycles. The number of methoxy groups -OCH3 is 1. The molecule has 1 aromatic carbocycles. The maximum Gasteiger partial charge on any atom is 0.262 e. The van der Waals surface area contributed by atoms with Crippen LogP contribution < -0.4 is 4.74 Å². The Morgan fingerprint density at radius 2 is 1.74 bits per heavy atom. The Bertz CT molecular complexity index is 709. The van der Waals surface area contributed by atoms with Crippen LogP contribution in [0.15, 0.2) is 18.2 Å². The lowest BCUT2D eigenvalue weighted by molar-refractivity contribution is -0.125. The molecule has 0 saturated heterocycles. The molecular weight excluding hydrogens is 298 g/mol. The highest BCUT2D eigenvalue weighted by atomic mass is 16.5. The third kappa shape index (κ3) is 2.65. The number of nitrogens with zero attached hydrogens (tertiary/aromatic N) is 1. The molecule has 1 aromatic rings. The molecule has 1 fully saturated rings. The monoisotopic (exact) mass is 315 g/mol. The highest BCUT2D eigenvalue weighted by molar-refractivity contribution is 6.23. The van der Waals surface area contributed by atoms with Gasteiger partial charge in [0.05, 0.1) is 24.3 Å². The lowest BCUT2D eigenvalue weighted by Gasteiger charge is -2.26. The average molecular weight is 315 g/mol. The molecule has 0 radical (unpaired) electrons. The fourth-order valence-corrected chi connectivity index (χ4v) is 3.13. The van der Waals surface area contributed by atoms with E-state index in [1.54, 1.807) is 6.07 Å². The number of rotatable bonds is 2. The highest BCUT2D eigenvalue weighted by Gasteiger charge is 2.43. The molecule has 1 aliphatic heterocycles. The van der Waals surface area contributed by atoms with Crippen molar-refractivity contribution in [2.45, 2.75) is 38.1 Å². The van der Waals surface area contributed by atoms with Crippen molar-refractivity contribution in [1.29, 1.82) is 0 Å². The normalized spacial score (nSPS) is 22.0. The van der Waals surface area contributed by atoms with Crippen LogP contribution in [-0.2, 0) is 9.59 Å². The molecule has 23 heavy (non-hydrogen) atoms. The Kier molecular flexibility index (Phi) is 3.98. The van der Waals surface area contributed by atoms with E-state index in [0.29, 0.717) is 18.6 Å². The minimum atomic E-state index is -0.849. The van der Waals surface area contributed by atoms with Crippen molar-refractivity contribution < 1.29 is 23.9 Å². The first-order valence-corrected chi connectivity index (χ1v) is 7.63. The number of amides is 2. The van der Waals surface area contributed by atoms with Gasteiger partial charge < -0.3 is 4.74 Å². The molecule has 120 valence electrons. The fraction of sp³-hybridized carbons (Fsp3) is 0.412. The van der Waals surface area contributed by atoms with Crippen LogP contribution in [0.3, 0.4) is 0 Å². The molecule has 1 unspecified atom stereocenters. The van der Waals surface area contributed by atoms with Gasteiger partial charge in [0.25, 0.3) is 11.8 Å². The predicted octanol–water partition coefficient (Wildman–Crippen LogP) is 1.76. The largest absolute Gasteiger partial charge is 0.497 e. The van der Waals surface area contributed by atoms with Gasteiger partial charge in [-0.05, 0) is 31.0 Å². The van der Waals surface area contributed by atoms with Gasteiger partial charge in [-0.15, -0.1) is 0 Å². The molecule has 0 N–H and O–H groups in total. The van der Waals surface area contributed by atoms with Gasteiger partial charge >= 0.3 is 0 Å². The topological polar surface area (TPSA) is 80.8 Å². The molecule has 6 heteroatoms. The number of ketones is 2. The summed E-state index contributed by atoms with van der Waals surface area (Å²) in [6.45, 7) is 0. The van der Waals surface area contributed by atoms with Crippen LogP contribution in [0.25, 0.3) is 0 Å². The molecule has 0 bridgehead atoms. The van der Waals surface area contributed by atoms with Gasteiger partial charge in [-0.1, -0.05) is 0 Å². The molecule has 1 aliphatic carbocycles. The lowest BCUT2D eigenvalue weighted by atomic mass is 9.94. The Labute approximate surface area is 133 Å². The minimum Gasteiger partial charge on any atom is -0.497 e. The van der Waals surface area contributed by atoms with E-state index in [9.17, 15) is 19.2 Å². The van der Waals surface area contributed by atoms with Gasteiger partial charge in [0.1, 0.15) is 11.5 Å². The number of benzene rings is 1. The second kappa shape index (κ2) is 5.95. The van der Waals surface area contributed by atoms with Crippen molar-refractivity contribution in [1.82, 2.24) is 4.90 Å². The van der Waals surface area contributed by atoms with Gasteiger partial charge in [0.15, 0.2) is 5.78 Å². The average Bonchev–Trinajstić information content (AvgIpc) is 2.78. The van der Waals surface area contributed by atoms with Crippen LogP contribution >= 0.6 is 0 Å². The van der Waals surface area contributed by atoms with Crippen LogP contribution in [0.1, 0.15) is 52.8 Å². The van der Waals surface area contributed by atoms with Crippen LogP contribution in [0.5, 0.6) is 5.75 Å². The van der Waals surface area contributed by atoms with Crippen LogP contribution in [0.2, 0.25) is 0 Å².